The fourth-order valence-corrected chi connectivity index (χ4v) is 2.59. The van der Waals surface area contributed by atoms with Gasteiger partial charge in [-0.15, -0.1) is 0 Å². The molecule has 0 saturated carbocycles. The minimum absolute atomic E-state index is 0.0289. The van der Waals surface area contributed by atoms with Crippen molar-refractivity contribution < 1.29 is 18.0 Å². The Labute approximate surface area is 159 Å². The Bertz CT molecular complexity index is 984. The van der Waals surface area contributed by atoms with Crippen LogP contribution in [0.3, 0.4) is 0 Å². The van der Waals surface area contributed by atoms with E-state index in [0.717, 1.165) is 23.3 Å². The van der Waals surface area contributed by atoms with E-state index in [1.807, 2.05) is 26.0 Å². The number of hydrogen-bond donors (Lipinski definition) is 3. The van der Waals surface area contributed by atoms with E-state index in [1.54, 1.807) is 18.3 Å². The number of hydrogen-bond acceptors (Lipinski definition) is 3. The van der Waals surface area contributed by atoms with Crippen molar-refractivity contribution in [1.82, 2.24) is 15.2 Å². The number of benzene rings is 2. The Morgan fingerprint density at radius 2 is 1.86 bits per heavy atom. The molecule has 0 fully saturated rings. The number of carbonyl (C=O) groups excluding carboxylic acids is 1. The van der Waals surface area contributed by atoms with Crippen molar-refractivity contribution in [1.29, 1.82) is 0 Å². The van der Waals surface area contributed by atoms with Gasteiger partial charge in [0.05, 0.1) is 22.6 Å². The molecule has 9 heteroatoms. The monoisotopic (exact) mass is 389 g/mol. The minimum atomic E-state index is -4.54. The molecule has 2 aromatic carbocycles. The predicted octanol–water partition coefficient (Wildman–Crippen LogP) is 4.66. The van der Waals surface area contributed by atoms with Crippen LogP contribution in [0.5, 0.6) is 0 Å². The molecule has 3 rings (SSSR count). The molecule has 2 amide bonds. The van der Waals surface area contributed by atoms with Crippen LogP contribution in [0.2, 0.25) is 0 Å². The lowest BCUT2D eigenvalue weighted by Crippen LogP contribution is -2.34. The van der Waals surface area contributed by atoms with Gasteiger partial charge in [-0.25, -0.2) is 9.48 Å². The summed E-state index contributed by atoms with van der Waals surface area (Å²) in [6, 6.07) is 9.51. The molecule has 0 radical (unpaired) electrons. The van der Waals surface area contributed by atoms with Crippen LogP contribution in [-0.4, -0.2) is 15.8 Å². The molecule has 3 N–H and O–H groups in total. The van der Waals surface area contributed by atoms with Crippen LogP contribution in [0.1, 0.15) is 16.7 Å². The van der Waals surface area contributed by atoms with Gasteiger partial charge in [-0.1, -0.05) is 12.1 Å². The van der Waals surface area contributed by atoms with Gasteiger partial charge in [-0.05, 0) is 55.3 Å². The molecule has 0 bridgehead atoms. The molecule has 28 heavy (non-hydrogen) atoms. The average Bonchev–Trinajstić information content (AvgIpc) is 3.16. The van der Waals surface area contributed by atoms with Gasteiger partial charge in [0, 0.05) is 12.4 Å². The van der Waals surface area contributed by atoms with Gasteiger partial charge >= 0.3 is 12.2 Å². The zero-order valence-corrected chi connectivity index (χ0v) is 15.1. The second-order valence-corrected chi connectivity index (χ2v) is 6.13. The number of halogens is 3. The third kappa shape index (κ3) is 4.25. The van der Waals surface area contributed by atoms with Crippen molar-refractivity contribution in [3.63, 3.8) is 0 Å². The number of nitrogens with one attached hydrogen (secondary N) is 3. The third-order valence-corrected chi connectivity index (χ3v) is 4.24. The highest BCUT2D eigenvalue weighted by molar-refractivity contribution is 5.92. The minimum Gasteiger partial charge on any atom is -0.304 e. The maximum absolute atomic E-state index is 13.1. The van der Waals surface area contributed by atoms with Gasteiger partial charge in [0.25, 0.3) is 0 Å². The maximum atomic E-state index is 13.1. The van der Waals surface area contributed by atoms with Crippen molar-refractivity contribution in [2.24, 2.45) is 0 Å². The van der Waals surface area contributed by atoms with Crippen molar-refractivity contribution in [2.45, 2.75) is 20.0 Å². The maximum Gasteiger partial charge on any atom is 0.416 e. The van der Waals surface area contributed by atoms with E-state index in [4.69, 9.17) is 0 Å². The first-order valence-corrected chi connectivity index (χ1v) is 8.36. The molecule has 0 aliphatic carbocycles. The van der Waals surface area contributed by atoms with E-state index in [9.17, 15) is 18.0 Å². The van der Waals surface area contributed by atoms with Crippen LogP contribution >= 0.6 is 0 Å². The Hall–Kier alpha value is -3.49. The average molecular weight is 389 g/mol. The van der Waals surface area contributed by atoms with Crippen molar-refractivity contribution in [2.75, 3.05) is 10.7 Å². The topological polar surface area (TPSA) is 71.0 Å². The van der Waals surface area contributed by atoms with Gasteiger partial charge in [-0.3, -0.25) is 10.9 Å². The molecule has 0 saturated heterocycles. The lowest BCUT2D eigenvalue weighted by atomic mass is 10.1. The molecule has 1 aromatic heterocycles. The first-order valence-electron chi connectivity index (χ1n) is 8.36. The van der Waals surface area contributed by atoms with E-state index < -0.39 is 17.8 Å². The molecule has 0 spiro atoms. The Morgan fingerprint density at radius 1 is 1.07 bits per heavy atom. The normalized spacial score (nSPS) is 11.2. The third-order valence-electron chi connectivity index (χ3n) is 4.24. The summed E-state index contributed by atoms with van der Waals surface area (Å²) in [5.41, 5.74) is 7.27. The van der Waals surface area contributed by atoms with E-state index >= 15 is 0 Å². The largest absolute Gasteiger partial charge is 0.416 e. The van der Waals surface area contributed by atoms with Crippen LogP contribution < -0.4 is 16.2 Å². The number of alkyl halides is 3. The summed E-state index contributed by atoms with van der Waals surface area (Å²) in [6.45, 7) is 3.82. The number of carbonyl (C=O) groups is 1. The first kappa shape index (κ1) is 19.3. The van der Waals surface area contributed by atoms with Crippen molar-refractivity contribution in [3.05, 3.63) is 71.5 Å². The lowest BCUT2D eigenvalue weighted by Gasteiger charge is -2.16. The fourth-order valence-electron chi connectivity index (χ4n) is 2.59. The number of hydrazine groups is 1. The lowest BCUT2D eigenvalue weighted by molar-refractivity contribution is -0.137. The van der Waals surface area contributed by atoms with Crippen molar-refractivity contribution in [3.8, 4) is 5.69 Å². The molecule has 1 heterocycles. The number of rotatable bonds is 4. The second kappa shape index (κ2) is 7.63. The Kier molecular flexibility index (Phi) is 5.25. The summed E-state index contributed by atoms with van der Waals surface area (Å²) in [7, 11) is 0. The molecular weight excluding hydrogens is 371 g/mol. The van der Waals surface area contributed by atoms with Crippen LogP contribution in [0.4, 0.5) is 29.3 Å². The van der Waals surface area contributed by atoms with Gasteiger partial charge in [-0.2, -0.15) is 18.3 Å². The van der Waals surface area contributed by atoms with E-state index in [0.29, 0.717) is 11.4 Å². The number of urea groups is 1. The van der Waals surface area contributed by atoms with Crippen molar-refractivity contribution >= 4 is 17.4 Å². The molecule has 3 aromatic rings. The Balaban J connectivity index is 1.81. The molecule has 146 valence electrons. The summed E-state index contributed by atoms with van der Waals surface area (Å²) in [5.74, 6) is 0. The summed E-state index contributed by atoms with van der Waals surface area (Å²) in [6.07, 6.45) is -1.48. The summed E-state index contributed by atoms with van der Waals surface area (Å²) in [4.78, 5) is 12.3. The van der Waals surface area contributed by atoms with Crippen LogP contribution in [0, 0.1) is 13.8 Å². The number of amides is 2. The molecule has 0 unspecified atom stereocenters. The van der Waals surface area contributed by atoms with E-state index in [2.05, 4.69) is 21.3 Å². The molecule has 0 atom stereocenters. The zero-order valence-electron chi connectivity index (χ0n) is 15.1. The Morgan fingerprint density at radius 3 is 2.54 bits per heavy atom. The SMILES string of the molecule is Cc1cccc(NNC(=O)Nc2cc(C(F)(F)F)ccc2-n2cccn2)c1C. The first-order chi connectivity index (χ1) is 13.3. The van der Waals surface area contributed by atoms with Crippen LogP contribution in [0.15, 0.2) is 54.9 Å². The van der Waals surface area contributed by atoms with Crippen LogP contribution in [0.25, 0.3) is 5.69 Å². The number of aromatic nitrogens is 2. The molecule has 6 nitrogen and oxygen atoms in total. The molecular formula is C19H18F3N5O. The highest BCUT2D eigenvalue weighted by atomic mass is 19.4. The van der Waals surface area contributed by atoms with E-state index in [-0.39, 0.29) is 5.69 Å². The fraction of sp³-hybridized carbons (Fsp3) is 0.158. The standard InChI is InChI=1S/C19H18F3N5O/c1-12-5-3-6-15(13(12)2)25-26-18(28)24-16-11-14(19(20,21)22)7-8-17(16)27-10-4-9-23-27/h3-11,25H,1-2H3,(H2,24,26,28). The van der Waals surface area contributed by atoms with Gasteiger partial charge in [0.15, 0.2) is 0 Å². The van der Waals surface area contributed by atoms with Gasteiger partial charge < -0.3 is 5.32 Å². The van der Waals surface area contributed by atoms with E-state index in [1.165, 1.54) is 16.9 Å². The zero-order chi connectivity index (χ0) is 20.3. The second-order valence-electron chi connectivity index (χ2n) is 6.13. The highest BCUT2D eigenvalue weighted by Gasteiger charge is 2.31. The smallest absolute Gasteiger partial charge is 0.304 e. The molecule has 0 aliphatic rings. The highest BCUT2D eigenvalue weighted by Crippen LogP contribution is 2.33. The summed E-state index contributed by atoms with van der Waals surface area (Å²) < 4.78 is 40.6. The summed E-state index contributed by atoms with van der Waals surface area (Å²) >= 11 is 0. The molecule has 0 aliphatic heterocycles. The number of anilines is 2. The quantitative estimate of drug-likeness (QED) is 0.569. The number of nitrogens with zero attached hydrogens (tertiary/aromatic N) is 2. The van der Waals surface area contributed by atoms with Gasteiger partial charge in [0.2, 0.25) is 0 Å². The van der Waals surface area contributed by atoms with Crippen LogP contribution in [-0.2, 0) is 6.18 Å². The summed E-state index contributed by atoms with van der Waals surface area (Å²) in [5, 5.41) is 6.45. The predicted molar refractivity (Wildman–Crippen MR) is 100 cm³/mol. The number of aryl methyl sites for hydroxylation is 1. The van der Waals surface area contributed by atoms with Gasteiger partial charge in [0.1, 0.15) is 0 Å².